The van der Waals surface area contributed by atoms with Gasteiger partial charge in [-0.3, -0.25) is 9.69 Å². The largest absolute Gasteiger partial charge is 0.325 e. The molecule has 1 aromatic heterocycles. The average molecular weight is 256 g/mol. The number of imide groups is 1. The van der Waals surface area contributed by atoms with Crippen LogP contribution in [0.4, 0.5) is 9.80 Å². The summed E-state index contributed by atoms with van der Waals surface area (Å²) in [6, 6.07) is -0.434. The van der Waals surface area contributed by atoms with Crippen LogP contribution in [0.1, 0.15) is 19.5 Å². The van der Waals surface area contributed by atoms with Crippen molar-refractivity contribution in [1.82, 2.24) is 19.8 Å². The maximum atomic E-state index is 11.9. The SMILES string of the molecule is CC1(C)NC(=O)N(Cc2nnsc2NN)C1=O. The number of nitrogens with two attached hydrogens (primary N) is 1. The number of carbonyl (C=O) groups excluding carboxylic acids is 2. The summed E-state index contributed by atoms with van der Waals surface area (Å²) in [4.78, 5) is 24.6. The molecule has 2 rings (SSSR count). The maximum absolute atomic E-state index is 11.9. The molecule has 1 saturated heterocycles. The molecule has 0 saturated carbocycles. The minimum absolute atomic E-state index is 0.0597. The highest BCUT2D eigenvalue weighted by atomic mass is 32.1. The lowest BCUT2D eigenvalue weighted by Gasteiger charge is -2.15. The number of hydrogen-bond donors (Lipinski definition) is 3. The molecule has 0 atom stereocenters. The molecule has 0 spiro atoms. The van der Waals surface area contributed by atoms with Crippen LogP contribution in [0, 0.1) is 0 Å². The summed E-state index contributed by atoms with van der Waals surface area (Å²) in [6.45, 7) is 3.35. The molecule has 0 aromatic carbocycles. The maximum Gasteiger partial charge on any atom is 0.325 e. The summed E-state index contributed by atoms with van der Waals surface area (Å²) in [6.07, 6.45) is 0. The van der Waals surface area contributed by atoms with E-state index >= 15 is 0 Å². The van der Waals surface area contributed by atoms with Crippen molar-refractivity contribution in [2.24, 2.45) is 5.84 Å². The molecule has 1 aliphatic heterocycles. The first-order chi connectivity index (χ1) is 7.95. The molecular formula is C8H12N6O2S. The molecule has 0 aliphatic carbocycles. The summed E-state index contributed by atoms with van der Waals surface area (Å²) in [5, 5.41) is 6.94. The van der Waals surface area contributed by atoms with Crippen LogP contribution in [0.5, 0.6) is 0 Å². The molecular weight excluding hydrogens is 244 g/mol. The average Bonchev–Trinajstić information content (AvgIpc) is 2.77. The quantitative estimate of drug-likeness (QED) is 0.387. The van der Waals surface area contributed by atoms with Gasteiger partial charge in [-0.2, -0.15) is 0 Å². The Morgan fingerprint density at radius 3 is 2.76 bits per heavy atom. The number of hydrazine groups is 1. The Bertz CT molecular complexity index is 470. The second kappa shape index (κ2) is 3.93. The van der Waals surface area contributed by atoms with Gasteiger partial charge in [0.1, 0.15) is 16.2 Å². The van der Waals surface area contributed by atoms with Crippen LogP contribution in [-0.4, -0.2) is 32.0 Å². The third-order valence-electron chi connectivity index (χ3n) is 2.44. The summed E-state index contributed by atoms with van der Waals surface area (Å²) < 4.78 is 3.70. The van der Waals surface area contributed by atoms with Crippen molar-refractivity contribution in [3.05, 3.63) is 5.69 Å². The van der Waals surface area contributed by atoms with Crippen LogP contribution in [0.15, 0.2) is 0 Å². The van der Waals surface area contributed by atoms with E-state index in [9.17, 15) is 9.59 Å². The van der Waals surface area contributed by atoms with Crippen molar-refractivity contribution in [3.63, 3.8) is 0 Å². The van der Waals surface area contributed by atoms with E-state index < -0.39 is 11.6 Å². The Kier molecular flexibility index (Phi) is 2.71. The number of carbonyl (C=O) groups is 2. The fourth-order valence-corrected chi connectivity index (χ4v) is 2.02. The third-order valence-corrected chi connectivity index (χ3v) is 3.14. The molecule has 9 heteroatoms. The number of aromatic nitrogens is 2. The van der Waals surface area contributed by atoms with Gasteiger partial charge in [0.2, 0.25) is 0 Å². The number of amides is 3. The van der Waals surface area contributed by atoms with E-state index in [1.54, 1.807) is 13.8 Å². The number of nitrogen functional groups attached to an aromatic ring is 1. The number of nitrogens with one attached hydrogen (secondary N) is 2. The highest BCUT2D eigenvalue weighted by molar-refractivity contribution is 7.10. The third kappa shape index (κ3) is 1.94. The van der Waals surface area contributed by atoms with Gasteiger partial charge in [0.05, 0.1) is 6.54 Å². The van der Waals surface area contributed by atoms with Crippen LogP contribution in [0.25, 0.3) is 0 Å². The summed E-state index contributed by atoms with van der Waals surface area (Å²) in [7, 11) is 0. The summed E-state index contributed by atoms with van der Waals surface area (Å²) in [5.41, 5.74) is 2.02. The minimum atomic E-state index is -0.878. The first-order valence-corrected chi connectivity index (χ1v) is 5.65. The van der Waals surface area contributed by atoms with Gasteiger partial charge in [-0.1, -0.05) is 4.49 Å². The predicted octanol–water partition coefficient (Wildman–Crippen LogP) is -0.346. The van der Waals surface area contributed by atoms with Crippen LogP contribution in [0.3, 0.4) is 0 Å². The van der Waals surface area contributed by atoms with Gasteiger partial charge in [-0.15, -0.1) is 5.10 Å². The van der Waals surface area contributed by atoms with E-state index in [1.807, 2.05) is 0 Å². The van der Waals surface area contributed by atoms with Crippen molar-refractivity contribution in [2.45, 2.75) is 25.9 Å². The lowest BCUT2D eigenvalue weighted by Crippen LogP contribution is -2.40. The van der Waals surface area contributed by atoms with E-state index in [0.717, 1.165) is 16.4 Å². The topological polar surface area (TPSA) is 113 Å². The second-order valence-electron chi connectivity index (χ2n) is 4.14. The van der Waals surface area contributed by atoms with Crippen LogP contribution < -0.4 is 16.6 Å². The molecule has 92 valence electrons. The number of anilines is 1. The van der Waals surface area contributed by atoms with E-state index in [1.165, 1.54) is 0 Å². The highest BCUT2D eigenvalue weighted by Crippen LogP contribution is 2.22. The lowest BCUT2D eigenvalue weighted by atomic mass is 10.1. The minimum Gasteiger partial charge on any atom is -0.324 e. The standard InChI is InChI=1S/C8H12N6O2S/c1-8(2)6(15)14(7(16)10-8)3-4-5(11-9)17-13-12-4/h11H,3,9H2,1-2H3,(H,10,16). The van der Waals surface area contributed by atoms with Crippen molar-refractivity contribution in [2.75, 3.05) is 5.43 Å². The van der Waals surface area contributed by atoms with Crippen molar-refractivity contribution in [3.8, 4) is 0 Å². The first kappa shape index (κ1) is 11.7. The molecule has 4 N–H and O–H groups in total. The molecule has 0 unspecified atom stereocenters. The molecule has 8 nitrogen and oxygen atoms in total. The van der Waals surface area contributed by atoms with Gasteiger partial charge in [-0.25, -0.2) is 10.6 Å². The molecule has 17 heavy (non-hydrogen) atoms. The Labute approximate surface area is 101 Å². The van der Waals surface area contributed by atoms with Crippen LogP contribution in [0.2, 0.25) is 0 Å². The van der Waals surface area contributed by atoms with Gasteiger partial charge in [0.25, 0.3) is 5.91 Å². The molecule has 1 aromatic rings. The van der Waals surface area contributed by atoms with Crippen LogP contribution in [-0.2, 0) is 11.3 Å². The Balaban J connectivity index is 2.20. The number of hydrogen-bond acceptors (Lipinski definition) is 7. The first-order valence-electron chi connectivity index (χ1n) is 4.87. The van der Waals surface area contributed by atoms with Crippen LogP contribution >= 0.6 is 11.5 Å². The van der Waals surface area contributed by atoms with E-state index in [0.29, 0.717) is 10.7 Å². The zero-order chi connectivity index (χ0) is 12.6. The summed E-state index contributed by atoms with van der Waals surface area (Å²) in [5.74, 6) is 4.98. The Morgan fingerprint density at radius 1 is 1.53 bits per heavy atom. The van der Waals surface area contributed by atoms with Gasteiger partial charge in [0.15, 0.2) is 0 Å². The van der Waals surface area contributed by atoms with Gasteiger partial charge in [-0.05, 0) is 13.8 Å². The molecule has 3 amide bonds. The smallest absolute Gasteiger partial charge is 0.324 e. The zero-order valence-corrected chi connectivity index (χ0v) is 10.2. The normalized spacial score (nSPS) is 18.4. The van der Waals surface area contributed by atoms with Gasteiger partial charge >= 0.3 is 6.03 Å². The number of nitrogens with zero attached hydrogens (tertiary/aromatic N) is 3. The van der Waals surface area contributed by atoms with E-state index in [-0.39, 0.29) is 12.5 Å². The fourth-order valence-electron chi connectivity index (χ4n) is 1.53. The summed E-state index contributed by atoms with van der Waals surface area (Å²) >= 11 is 1.07. The highest BCUT2D eigenvalue weighted by Gasteiger charge is 2.44. The number of urea groups is 1. The fraction of sp³-hybridized carbons (Fsp3) is 0.500. The van der Waals surface area contributed by atoms with E-state index in [4.69, 9.17) is 5.84 Å². The van der Waals surface area contributed by atoms with Gasteiger partial charge < -0.3 is 10.7 Å². The number of rotatable bonds is 3. The molecule has 0 radical (unpaired) electrons. The lowest BCUT2D eigenvalue weighted by molar-refractivity contribution is -0.130. The Morgan fingerprint density at radius 2 is 2.24 bits per heavy atom. The predicted molar refractivity (Wildman–Crippen MR) is 60.9 cm³/mol. The second-order valence-corrected chi connectivity index (χ2v) is 4.89. The Hall–Kier alpha value is -1.74. The monoisotopic (exact) mass is 256 g/mol. The molecule has 1 fully saturated rings. The van der Waals surface area contributed by atoms with Crippen molar-refractivity contribution < 1.29 is 9.59 Å². The molecule has 2 heterocycles. The van der Waals surface area contributed by atoms with E-state index in [2.05, 4.69) is 20.3 Å². The molecule has 0 bridgehead atoms. The molecule has 1 aliphatic rings. The van der Waals surface area contributed by atoms with Crippen molar-refractivity contribution in [1.29, 1.82) is 0 Å². The van der Waals surface area contributed by atoms with Gasteiger partial charge in [0, 0.05) is 11.5 Å². The zero-order valence-electron chi connectivity index (χ0n) is 9.35. The van der Waals surface area contributed by atoms with Crippen molar-refractivity contribution >= 4 is 28.5 Å².